The van der Waals surface area contributed by atoms with E-state index in [9.17, 15) is 18.0 Å². The van der Waals surface area contributed by atoms with Crippen LogP contribution in [0.25, 0.3) is 0 Å². The number of carbonyl (C=O) groups is 2. The minimum absolute atomic E-state index is 0.0452. The second kappa shape index (κ2) is 9.13. The third-order valence-corrected chi connectivity index (χ3v) is 7.30. The summed E-state index contributed by atoms with van der Waals surface area (Å²) in [5.41, 5.74) is 0.354. The Labute approximate surface area is 178 Å². The maximum Gasteiger partial charge on any atom is 0.338 e. The van der Waals surface area contributed by atoms with E-state index >= 15 is 0 Å². The van der Waals surface area contributed by atoms with Gasteiger partial charge in [-0.1, -0.05) is 47.5 Å². The Morgan fingerprint density at radius 3 is 2.07 bits per heavy atom. The van der Waals surface area contributed by atoms with Crippen LogP contribution >= 0.6 is 23.2 Å². The van der Waals surface area contributed by atoms with Gasteiger partial charge in [-0.25, -0.2) is 13.2 Å². The van der Waals surface area contributed by atoms with Crippen molar-refractivity contribution in [3.8, 4) is 0 Å². The van der Waals surface area contributed by atoms with Gasteiger partial charge in [0.1, 0.15) is 4.90 Å². The number of carbonyl (C=O) groups excluding carboxylic acids is 2. The molecule has 0 atom stereocenters. The molecule has 0 saturated carbocycles. The van der Waals surface area contributed by atoms with E-state index in [1.807, 2.05) is 0 Å². The summed E-state index contributed by atoms with van der Waals surface area (Å²) in [7, 11) is -3.89. The second-order valence-electron chi connectivity index (χ2n) is 6.28. The van der Waals surface area contributed by atoms with Gasteiger partial charge in [0.05, 0.1) is 15.6 Å². The van der Waals surface area contributed by atoms with Gasteiger partial charge in [-0.15, -0.1) is 0 Å². The summed E-state index contributed by atoms with van der Waals surface area (Å²) in [6.07, 6.45) is 0. The first-order valence-electron chi connectivity index (χ1n) is 8.75. The number of nitrogens with zero attached hydrogens (tertiary/aromatic N) is 2. The van der Waals surface area contributed by atoms with Crippen molar-refractivity contribution in [1.29, 1.82) is 0 Å². The average molecular weight is 457 g/mol. The number of hydrogen-bond acceptors (Lipinski definition) is 5. The van der Waals surface area contributed by atoms with Crippen molar-refractivity contribution in [3.05, 3.63) is 64.1 Å². The molecule has 1 saturated heterocycles. The molecular formula is C19H18Cl2N2O5S. The highest BCUT2D eigenvalue weighted by Gasteiger charge is 2.33. The van der Waals surface area contributed by atoms with Crippen LogP contribution in [0.2, 0.25) is 10.0 Å². The quantitative estimate of drug-likeness (QED) is 0.645. The van der Waals surface area contributed by atoms with Crippen LogP contribution in [0.15, 0.2) is 53.4 Å². The lowest BCUT2D eigenvalue weighted by molar-refractivity contribution is -0.135. The van der Waals surface area contributed by atoms with Crippen LogP contribution in [0.4, 0.5) is 0 Å². The van der Waals surface area contributed by atoms with Gasteiger partial charge < -0.3 is 9.64 Å². The molecule has 3 rings (SSSR count). The Hall–Kier alpha value is -2.13. The number of ether oxygens (including phenoxy) is 1. The minimum Gasteiger partial charge on any atom is -0.452 e. The van der Waals surface area contributed by atoms with E-state index in [0.717, 1.165) is 0 Å². The molecule has 1 heterocycles. The van der Waals surface area contributed by atoms with Crippen molar-refractivity contribution in [2.75, 3.05) is 32.8 Å². The molecule has 10 heteroatoms. The predicted molar refractivity (Wildman–Crippen MR) is 109 cm³/mol. The zero-order valence-electron chi connectivity index (χ0n) is 15.3. The number of amides is 1. The van der Waals surface area contributed by atoms with Crippen LogP contribution in [0, 0.1) is 0 Å². The molecule has 2 aromatic carbocycles. The lowest BCUT2D eigenvalue weighted by Gasteiger charge is -2.34. The smallest absolute Gasteiger partial charge is 0.338 e. The Balaban J connectivity index is 1.57. The van der Waals surface area contributed by atoms with E-state index in [4.69, 9.17) is 27.9 Å². The molecule has 29 heavy (non-hydrogen) atoms. The van der Waals surface area contributed by atoms with Crippen LogP contribution in [-0.2, 0) is 19.6 Å². The van der Waals surface area contributed by atoms with Gasteiger partial charge in [0.2, 0.25) is 10.0 Å². The first kappa shape index (κ1) is 21.6. The molecule has 0 aliphatic carbocycles. The molecule has 1 fully saturated rings. The lowest BCUT2D eigenvalue weighted by atomic mass is 10.2. The maximum absolute atomic E-state index is 12.9. The van der Waals surface area contributed by atoms with Crippen LogP contribution < -0.4 is 0 Å². The van der Waals surface area contributed by atoms with Crippen LogP contribution in [-0.4, -0.2) is 62.3 Å². The molecule has 0 spiro atoms. The lowest BCUT2D eigenvalue weighted by Crippen LogP contribution is -2.51. The van der Waals surface area contributed by atoms with E-state index in [1.165, 1.54) is 21.3 Å². The van der Waals surface area contributed by atoms with Crippen molar-refractivity contribution >= 4 is 45.1 Å². The molecule has 154 valence electrons. The minimum atomic E-state index is -3.89. The summed E-state index contributed by atoms with van der Waals surface area (Å²) < 4.78 is 32.0. The fraction of sp³-hybridized carbons (Fsp3) is 0.263. The summed E-state index contributed by atoms with van der Waals surface area (Å²) in [6.45, 7) is 0.105. The van der Waals surface area contributed by atoms with Gasteiger partial charge in [0.15, 0.2) is 6.61 Å². The fourth-order valence-electron chi connectivity index (χ4n) is 2.91. The Kier molecular flexibility index (Phi) is 6.79. The summed E-state index contributed by atoms with van der Waals surface area (Å²) >= 11 is 12.1. The normalized spacial score (nSPS) is 15.2. The topological polar surface area (TPSA) is 84.0 Å². The van der Waals surface area contributed by atoms with Crippen molar-refractivity contribution in [1.82, 2.24) is 9.21 Å². The number of piperazine rings is 1. The Morgan fingerprint density at radius 1 is 0.897 bits per heavy atom. The largest absolute Gasteiger partial charge is 0.452 e. The molecule has 7 nitrogen and oxygen atoms in total. The second-order valence-corrected chi connectivity index (χ2v) is 8.97. The van der Waals surface area contributed by atoms with Gasteiger partial charge in [-0.3, -0.25) is 4.79 Å². The summed E-state index contributed by atoms with van der Waals surface area (Å²) in [6, 6.07) is 12.8. The number of esters is 1. The SMILES string of the molecule is O=C(OCC(=O)N1CCN(S(=O)(=O)c2c(Cl)cccc2Cl)CC1)c1ccccc1. The number of sulfonamides is 1. The molecule has 0 N–H and O–H groups in total. The maximum atomic E-state index is 12.9. The summed E-state index contributed by atoms with van der Waals surface area (Å²) in [4.78, 5) is 25.6. The Morgan fingerprint density at radius 2 is 1.48 bits per heavy atom. The van der Waals surface area contributed by atoms with Gasteiger partial charge >= 0.3 is 5.97 Å². The number of rotatable bonds is 5. The highest BCUT2D eigenvalue weighted by atomic mass is 35.5. The monoisotopic (exact) mass is 456 g/mol. The van der Waals surface area contributed by atoms with Crippen LogP contribution in [0.5, 0.6) is 0 Å². The summed E-state index contributed by atoms with van der Waals surface area (Å²) in [5, 5.41) is 0.0904. The molecule has 2 aromatic rings. The van der Waals surface area contributed by atoms with Gasteiger partial charge in [-0.05, 0) is 24.3 Å². The average Bonchev–Trinajstić information content (AvgIpc) is 2.72. The first-order chi connectivity index (χ1) is 13.8. The van der Waals surface area contributed by atoms with Crippen molar-refractivity contribution in [2.45, 2.75) is 4.90 Å². The van der Waals surface area contributed by atoms with Crippen molar-refractivity contribution in [3.63, 3.8) is 0 Å². The highest BCUT2D eigenvalue weighted by Crippen LogP contribution is 2.31. The van der Waals surface area contributed by atoms with Crippen molar-refractivity contribution in [2.24, 2.45) is 0 Å². The van der Waals surface area contributed by atoms with Gasteiger partial charge in [-0.2, -0.15) is 4.31 Å². The number of halogens is 2. The predicted octanol–water partition coefficient (Wildman–Crippen LogP) is 2.68. The number of benzene rings is 2. The first-order valence-corrected chi connectivity index (χ1v) is 10.9. The van der Waals surface area contributed by atoms with E-state index in [0.29, 0.717) is 5.56 Å². The van der Waals surface area contributed by atoms with E-state index in [1.54, 1.807) is 36.4 Å². The number of hydrogen-bond donors (Lipinski definition) is 0. The molecule has 1 aliphatic heterocycles. The zero-order valence-corrected chi connectivity index (χ0v) is 17.6. The standard InChI is InChI=1S/C19H18Cl2N2O5S/c20-15-7-4-8-16(21)18(15)29(26,27)23-11-9-22(10-12-23)17(24)13-28-19(25)14-5-2-1-3-6-14/h1-8H,9-13H2. The third kappa shape index (κ3) is 4.90. The molecule has 0 aromatic heterocycles. The zero-order chi connectivity index (χ0) is 21.0. The fourth-order valence-corrected chi connectivity index (χ4v) is 5.43. The third-order valence-electron chi connectivity index (χ3n) is 4.44. The van der Waals surface area contributed by atoms with Crippen LogP contribution in [0.3, 0.4) is 0 Å². The van der Waals surface area contributed by atoms with Gasteiger partial charge in [0.25, 0.3) is 5.91 Å². The Bertz CT molecular complexity index is 986. The van der Waals surface area contributed by atoms with Crippen LogP contribution in [0.1, 0.15) is 10.4 Å². The van der Waals surface area contributed by atoms with Crippen molar-refractivity contribution < 1.29 is 22.7 Å². The molecule has 0 bridgehead atoms. The molecule has 0 unspecified atom stereocenters. The molecular weight excluding hydrogens is 439 g/mol. The molecule has 0 radical (unpaired) electrons. The van der Waals surface area contributed by atoms with Gasteiger partial charge in [0, 0.05) is 26.2 Å². The van der Waals surface area contributed by atoms with E-state index in [2.05, 4.69) is 0 Å². The summed E-state index contributed by atoms with van der Waals surface area (Å²) in [5.74, 6) is -0.976. The highest BCUT2D eigenvalue weighted by molar-refractivity contribution is 7.89. The van der Waals surface area contributed by atoms with E-state index in [-0.39, 0.29) is 47.0 Å². The molecule has 1 amide bonds. The van der Waals surface area contributed by atoms with E-state index < -0.39 is 22.6 Å². The molecule has 1 aliphatic rings.